The van der Waals surface area contributed by atoms with Crippen molar-refractivity contribution in [2.75, 3.05) is 5.32 Å². The van der Waals surface area contributed by atoms with Crippen molar-refractivity contribution >= 4 is 22.4 Å². The number of nitrogens with zero attached hydrogens (tertiary/aromatic N) is 1. The fourth-order valence-corrected chi connectivity index (χ4v) is 4.63. The van der Waals surface area contributed by atoms with Crippen LogP contribution in [0.2, 0.25) is 0 Å². The molecule has 0 aliphatic carbocycles. The van der Waals surface area contributed by atoms with E-state index in [0.29, 0.717) is 35.0 Å². The SMILES string of the molecule is Cc1cc(C(=O)Nc2cccc(OCc3ccc4ccccc4c3)c2)c(C)n1-c1ccccc1C(F)(F)F. The topological polar surface area (TPSA) is 43.3 Å². The Morgan fingerprint density at radius 3 is 2.37 bits per heavy atom. The van der Waals surface area contributed by atoms with Gasteiger partial charge in [-0.2, -0.15) is 13.2 Å². The molecule has 1 amide bonds. The molecule has 0 atom stereocenters. The van der Waals surface area contributed by atoms with Crippen LogP contribution in [0.25, 0.3) is 16.5 Å². The Balaban J connectivity index is 1.33. The maximum absolute atomic E-state index is 13.6. The lowest BCUT2D eigenvalue weighted by atomic mass is 10.1. The van der Waals surface area contributed by atoms with Crippen LogP contribution >= 0.6 is 0 Å². The number of para-hydroxylation sites is 1. The Labute approximate surface area is 218 Å². The second kappa shape index (κ2) is 10.1. The van der Waals surface area contributed by atoms with Gasteiger partial charge in [0.05, 0.1) is 16.8 Å². The van der Waals surface area contributed by atoms with Gasteiger partial charge in [-0.3, -0.25) is 4.79 Å². The Morgan fingerprint density at radius 2 is 1.58 bits per heavy atom. The van der Waals surface area contributed by atoms with Gasteiger partial charge in [-0.05, 0) is 66.6 Å². The van der Waals surface area contributed by atoms with Crippen molar-refractivity contribution < 1.29 is 22.7 Å². The van der Waals surface area contributed by atoms with E-state index in [2.05, 4.69) is 17.4 Å². The second-order valence-corrected chi connectivity index (χ2v) is 9.09. The van der Waals surface area contributed by atoms with Crippen LogP contribution in [-0.4, -0.2) is 10.5 Å². The van der Waals surface area contributed by atoms with Crippen LogP contribution in [0, 0.1) is 13.8 Å². The number of amides is 1. The van der Waals surface area contributed by atoms with Gasteiger partial charge in [0, 0.05) is 23.1 Å². The van der Waals surface area contributed by atoms with Crippen molar-refractivity contribution in [3.05, 3.63) is 125 Å². The summed E-state index contributed by atoms with van der Waals surface area (Å²) >= 11 is 0. The third kappa shape index (κ3) is 5.13. The molecule has 1 N–H and O–H groups in total. The van der Waals surface area contributed by atoms with Crippen LogP contribution in [0.1, 0.15) is 32.9 Å². The first kappa shape index (κ1) is 25.1. The highest BCUT2D eigenvalue weighted by Gasteiger charge is 2.34. The maximum atomic E-state index is 13.6. The summed E-state index contributed by atoms with van der Waals surface area (Å²) in [6, 6.07) is 28.2. The molecule has 1 heterocycles. The molecule has 192 valence electrons. The summed E-state index contributed by atoms with van der Waals surface area (Å²) in [5, 5.41) is 5.13. The molecule has 0 saturated carbocycles. The molecular formula is C31H25F3N2O2. The van der Waals surface area contributed by atoms with E-state index in [0.717, 1.165) is 22.4 Å². The maximum Gasteiger partial charge on any atom is 0.418 e. The molecule has 7 heteroatoms. The monoisotopic (exact) mass is 514 g/mol. The number of rotatable bonds is 6. The molecule has 0 aliphatic rings. The van der Waals surface area contributed by atoms with Crippen molar-refractivity contribution in [2.45, 2.75) is 26.6 Å². The third-order valence-corrected chi connectivity index (χ3v) is 6.44. The lowest BCUT2D eigenvalue weighted by molar-refractivity contribution is -0.137. The predicted octanol–water partition coefficient (Wildman–Crippen LogP) is 8.10. The Kier molecular flexibility index (Phi) is 6.68. The molecule has 0 fully saturated rings. The molecule has 0 bridgehead atoms. The van der Waals surface area contributed by atoms with Crippen molar-refractivity contribution in [3.8, 4) is 11.4 Å². The number of hydrogen-bond acceptors (Lipinski definition) is 2. The second-order valence-electron chi connectivity index (χ2n) is 9.09. The van der Waals surface area contributed by atoms with Crippen molar-refractivity contribution in [3.63, 3.8) is 0 Å². The first-order valence-corrected chi connectivity index (χ1v) is 12.1. The lowest BCUT2D eigenvalue weighted by Crippen LogP contribution is -2.15. The summed E-state index contributed by atoms with van der Waals surface area (Å²) in [6.45, 7) is 3.68. The molecule has 38 heavy (non-hydrogen) atoms. The zero-order chi connectivity index (χ0) is 26.9. The molecule has 0 aliphatic heterocycles. The van der Waals surface area contributed by atoms with Crippen LogP contribution in [0.4, 0.5) is 18.9 Å². The summed E-state index contributed by atoms with van der Waals surface area (Å²) in [5.41, 5.74) is 2.00. The molecule has 4 nitrogen and oxygen atoms in total. The number of ether oxygens (including phenoxy) is 1. The Bertz CT molecular complexity index is 1640. The zero-order valence-electron chi connectivity index (χ0n) is 20.8. The van der Waals surface area contributed by atoms with Crippen molar-refractivity contribution in [1.82, 2.24) is 4.57 Å². The summed E-state index contributed by atoms with van der Waals surface area (Å²) in [5.74, 6) is 0.168. The van der Waals surface area contributed by atoms with Gasteiger partial charge in [-0.15, -0.1) is 0 Å². The molecule has 1 aromatic heterocycles. The molecule has 5 aromatic rings. The number of benzene rings is 4. The molecule has 4 aromatic carbocycles. The van der Waals surface area contributed by atoms with E-state index in [1.165, 1.54) is 16.7 Å². The summed E-state index contributed by atoms with van der Waals surface area (Å²) < 4.78 is 48.3. The fourth-order valence-electron chi connectivity index (χ4n) is 4.63. The van der Waals surface area contributed by atoms with E-state index in [4.69, 9.17) is 4.74 Å². The average Bonchev–Trinajstić information content (AvgIpc) is 3.20. The summed E-state index contributed by atoms with van der Waals surface area (Å²) in [6.07, 6.45) is -4.52. The van der Waals surface area contributed by atoms with E-state index >= 15 is 0 Å². The number of aromatic nitrogens is 1. The van der Waals surface area contributed by atoms with E-state index < -0.39 is 17.6 Å². The Hall–Kier alpha value is -4.52. The first-order chi connectivity index (χ1) is 18.2. The van der Waals surface area contributed by atoms with Gasteiger partial charge in [0.15, 0.2) is 0 Å². The number of fused-ring (bicyclic) bond motifs is 1. The fraction of sp³-hybridized carbons (Fsp3) is 0.129. The van der Waals surface area contributed by atoms with E-state index in [-0.39, 0.29) is 5.69 Å². The quantitative estimate of drug-likeness (QED) is 0.249. The van der Waals surface area contributed by atoms with Crippen LogP contribution in [0.3, 0.4) is 0 Å². The third-order valence-electron chi connectivity index (χ3n) is 6.44. The number of aryl methyl sites for hydroxylation is 1. The van der Waals surface area contributed by atoms with Gasteiger partial charge < -0.3 is 14.6 Å². The minimum atomic E-state index is -4.52. The van der Waals surface area contributed by atoms with E-state index in [1.807, 2.05) is 30.3 Å². The van der Waals surface area contributed by atoms with Crippen LogP contribution < -0.4 is 10.1 Å². The highest BCUT2D eigenvalue weighted by Crippen LogP contribution is 2.35. The number of nitrogens with one attached hydrogen (secondary N) is 1. The minimum Gasteiger partial charge on any atom is -0.489 e. The van der Waals surface area contributed by atoms with Crippen LogP contribution in [0.15, 0.2) is 97.1 Å². The summed E-state index contributed by atoms with van der Waals surface area (Å²) in [4.78, 5) is 13.1. The van der Waals surface area contributed by atoms with Crippen molar-refractivity contribution in [1.29, 1.82) is 0 Å². The van der Waals surface area contributed by atoms with Gasteiger partial charge in [-0.25, -0.2) is 0 Å². The number of anilines is 1. The van der Waals surface area contributed by atoms with Gasteiger partial charge in [0.25, 0.3) is 5.91 Å². The average molecular weight is 515 g/mol. The molecule has 0 radical (unpaired) electrons. The van der Waals surface area contributed by atoms with Gasteiger partial charge in [-0.1, -0.05) is 54.6 Å². The number of hydrogen-bond donors (Lipinski definition) is 1. The van der Waals surface area contributed by atoms with E-state index in [1.54, 1.807) is 50.2 Å². The highest BCUT2D eigenvalue weighted by molar-refractivity contribution is 6.05. The molecule has 5 rings (SSSR count). The molecule has 0 saturated heterocycles. The number of halogens is 3. The molecule has 0 spiro atoms. The van der Waals surface area contributed by atoms with Crippen LogP contribution in [-0.2, 0) is 12.8 Å². The molecular weight excluding hydrogens is 489 g/mol. The Morgan fingerprint density at radius 1 is 0.842 bits per heavy atom. The molecule has 0 unspecified atom stereocenters. The summed E-state index contributed by atoms with van der Waals surface area (Å²) in [7, 11) is 0. The minimum absolute atomic E-state index is 0.0156. The first-order valence-electron chi connectivity index (χ1n) is 12.1. The number of carbonyl (C=O) groups is 1. The smallest absolute Gasteiger partial charge is 0.418 e. The van der Waals surface area contributed by atoms with Crippen molar-refractivity contribution in [2.24, 2.45) is 0 Å². The standard InChI is InChI=1S/C31H25F3N2O2/c1-20-16-27(21(2)36(20)29-13-6-5-12-28(29)31(32,33)34)30(37)35-25-10-7-11-26(18-25)38-19-22-14-15-23-8-3-4-9-24(23)17-22/h3-18H,19H2,1-2H3,(H,35,37). The highest BCUT2D eigenvalue weighted by atomic mass is 19.4. The van der Waals surface area contributed by atoms with Gasteiger partial charge in [0.1, 0.15) is 12.4 Å². The normalized spacial score (nSPS) is 11.5. The number of alkyl halides is 3. The van der Waals surface area contributed by atoms with Crippen LogP contribution in [0.5, 0.6) is 5.75 Å². The van der Waals surface area contributed by atoms with E-state index in [9.17, 15) is 18.0 Å². The largest absolute Gasteiger partial charge is 0.489 e. The van der Waals surface area contributed by atoms with Gasteiger partial charge >= 0.3 is 6.18 Å². The van der Waals surface area contributed by atoms with Gasteiger partial charge in [0.2, 0.25) is 0 Å². The lowest BCUT2D eigenvalue weighted by Gasteiger charge is -2.17. The number of carbonyl (C=O) groups excluding carboxylic acids is 1. The predicted molar refractivity (Wildman–Crippen MR) is 143 cm³/mol. The zero-order valence-corrected chi connectivity index (χ0v) is 20.8.